The second-order valence-corrected chi connectivity index (χ2v) is 7.84. The molecule has 2 aromatic carbocycles. The van der Waals surface area contributed by atoms with E-state index in [4.69, 9.17) is 4.74 Å². The molecule has 27 heavy (non-hydrogen) atoms. The molecule has 0 unspecified atom stereocenters. The number of hydrogen-bond acceptors (Lipinski definition) is 2. The summed E-state index contributed by atoms with van der Waals surface area (Å²) >= 11 is 0. The lowest BCUT2D eigenvalue weighted by Gasteiger charge is -2.48. The molecule has 5 rings (SSSR count). The Morgan fingerprint density at radius 3 is 2.48 bits per heavy atom. The van der Waals surface area contributed by atoms with Crippen molar-refractivity contribution in [1.29, 1.82) is 0 Å². The number of hydrogen-bond donors (Lipinski definition) is 0. The summed E-state index contributed by atoms with van der Waals surface area (Å²) in [5.41, 5.74) is 3.83. The van der Waals surface area contributed by atoms with E-state index >= 15 is 0 Å². The van der Waals surface area contributed by atoms with Crippen molar-refractivity contribution in [2.24, 2.45) is 23.7 Å². The molecular weight excluding hydrogens is 341 g/mol. The van der Waals surface area contributed by atoms with E-state index in [-0.39, 0.29) is 11.9 Å². The largest absolute Gasteiger partial charge is 0.452 e. The molecule has 4 atom stereocenters. The molecule has 2 aromatic rings. The molecule has 138 valence electrons. The lowest BCUT2D eigenvalue weighted by atomic mass is 9.62. The Morgan fingerprint density at radius 2 is 1.78 bits per heavy atom. The van der Waals surface area contributed by atoms with Gasteiger partial charge in [-0.3, -0.25) is 0 Å². The molecule has 3 aliphatic rings. The van der Waals surface area contributed by atoms with Crippen LogP contribution in [0.2, 0.25) is 0 Å². The Bertz CT molecular complexity index is 923. The second-order valence-electron chi connectivity index (χ2n) is 7.84. The Morgan fingerprint density at radius 1 is 1.04 bits per heavy atom. The smallest absolute Gasteiger partial charge is 0.418 e. The minimum absolute atomic E-state index is 0.240. The summed E-state index contributed by atoms with van der Waals surface area (Å²) in [6.07, 6.45) is 3.28. The van der Waals surface area contributed by atoms with Crippen molar-refractivity contribution >= 4 is 17.4 Å². The van der Waals surface area contributed by atoms with E-state index in [0.29, 0.717) is 23.7 Å². The molecule has 0 heterocycles. The highest BCUT2D eigenvalue weighted by Gasteiger charge is 2.59. The summed E-state index contributed by atoms with van der Waals surface area (Å²) in [5, 5.41) is 0. The van der Waals surface area contributed by atoms with Crippen molar-refractivity contribution in [3.05, 3.63) is 71.7 Å². The molecule has 0 aromatic heterocycles. The minimum atomic E-state index is -0.383. The normalized spacial score (nSPS) is 27.9. The number of ether oxygens (including phenoxy) is 1. The Hall–Kier alpha value is -2.62. The van der Waals surface area contributed by atoms with Gasteiger partial charge in [0.05, 0.1) is 12.8 Å². The first-order chi connectivity index (χ1) is 13.2. The molecule has 0 aliphatic heterocycles. The third-order valence-electron chi connectivity index (χ3n) is 6.59. The van der Waals surface area contributed by atoms with Gasteiger partial charge in [0.25, 0.3) is 0 Å². The van der Waals surface area contributed by atoms with Crippen LogP contribution in [0, 0.1) is 29.5 Å². The summed E-state index contributed by atoms with van der Waals surface area (Å²) in [6, 6.07) is 16.4. The van der Waals surface area contributed by atoms with Crippen LogP contribution < -0.4 is 4.90 Å². The lowest BCUT2D eigenvalue weighted by molar-refractivity contribution is 0.176. The van der Waals surface area contributed by atoms with Gasteiger partial charge >= 0.3 is 6.09 Å². The number of halogens is 1. The highest BCUT2D eigenvalue weighted by molar-refractivity contribution is 5.97. The van der Waals surface area contributed by atoms with Crippen LogP contribution >= 0.6 is 0 Å². The fourth-order valence-corrected chi connectivity index (χ4v) is 5.63. The molecule has 0 saturated heterocycles. The molecule has 3 nitrogen and oxygen atoms in total. The fourth-order valence-electron chi connectivity index (χ4n) is 5.63. The van der Waals surface area contributed by atoms with Crippen molar-refractivity contribution in [3.63, 3.8) is 0 Å². The molecule has 0 spiro atoms. The van der Waals surface area contributed by atoms with Gasteiger partial charge in [-0.15, -0.1) is 0 Å². The summed E-state index contributed by atoms with van der Waals surface area (Å²) in [7, 11) is 1.41. The predicted molar refractivity (Wildman–Crippen MR) is 102 cm³/mol. The number of benzene rings is 2. The Kier molecular flexibility index (Phi) is 3.81. The Balaban J connectivity index is 1.69. The average molecular weight is 363 g/mol. The zero-order valence-electron chi connectivity index (χ0n) is 15.3. The third-order valence-corrected chi connectivity index (χ3v) is 6.59. The van der Waals surface area contributed by atoms with Crippen LogP contribution in [0.4, 0.5) is 14.9 Å². The third kappa shape index (κ3) is 2.43. The number of anilines is 1. The summed E-state index contributed by atoms with van der Waals surface area (Å²) in [5.74, 6) is 1.81. The number of carbonyl (C=O) groups excluding carboxylic acids is 1. The highest BCUT2D eigenvalue weighted by Crippen LogP contribution is 2.66. The van der Waals surface area contributed by atoms with E-state index < -0.39 is 0 Å². The number of amides is 1. The quantitative estimate of drug-likeness (QED) is 0.722. The van der Waals surface area contributed by atoms with E-state index in [9.17, 15) is 9.18 Å². The van der Waals surface area contributed by atoms with Crippen LogP contribution in [0.25, 0.3) is 5.57 Å². The van der Waals surface area contributed by atoms with E-state index in [1.54, 1.807) is 17.0 Å². The number of fused-ring (bicyclic) bond motifs is 5. The zero-order valence-corrected chi connectivity index (χ0v) is 15.3. The van der Waals surface area contributed by atoms with E-state index in [1.165, 1.54) is 32.4 Å². The van der Waals surface area contributed by atoms with Gasteiger partial charge in [0.2, 0.25) is 0 Å². The maximum absolute atomic E-state index is 14.0. The molecule has 2 bridgehead atoms. The summed E-state index contributed by atoms with van der Waals surface area (Å²) in [6.45, 7) is 0. The first-order valence-corrected chi connectivity index (χ1v) is 9.62. The van der Waals surface area contributed by atoms with Crippen LogP contribution in [-0.2, 0) is 4.74 Å². The van der Waals surface area contributed by atoms with E-state index in [0.717, 1.165) is 22.5 Å². The number of rotatable bonds is 3. The minimum Gasteiger partial charge on any atom is -0.452 e. The van der Waals surface area contributed by atoms with Crippen molar-refractivity contribution in [2.45, 2.75) is 19.3 Å². The lowest BCUT2D eigenvalue weighted by Crippen LogP contribution is -2.45. The van der Waals surface area contributed by atoms with Gasteiger partial charge < -0.3 is 4.74 Å². The molecule has 1 amide bonds. The Labute approximate surface area is 158 Å². The van der Waals surface area contributed by atoms with Crippen molar-refractivity contribution in [1.82, 2.24) is 0 Å². The number of carbonyl (C=O) groups is 1. The number of allylic oxidation sites excluding steroid dienone is 2. The molecule has 3 aliphatic carbocycles. The van der Waals surface area contributed by atoms with Gasteiger partial charge in [-0.2, -0.15) is 0 Å². The monoisotopic (exact) mass is 363 g/mol. The molecular formula is C23H22FNO2. The first-order valence-electron chi connectivity index (χ1n) is 9.62. The summed E-state index contributed by atoms with van der Waals surface area (Å²) < 4.78 is 19.1. The van der Waals surface area contributed by atoms with Gasteiger partial charge in [-0.1, -0.05) is 30.3 Å². The zero-order chi connectivity index (χ0) is 18.5. The second kappa shape index (κ2) is 6.22. The van der Waals surface area contributed by atoms with Gasteiger partial charge in [0.1, 0.15) is 5.82 Å². The standard InChI is InChI=1S/C23H22FNO2/c1-27-23(26)25(18-8-3-2-4-9-18)22-20(14-6-5-7-17(24)13-14)19-15-10-11-16(12-15)21(19)22/h2-9,13,15-16,19,21H,10-12H2,1H3/t15-,16+,19-,21-/m1/s1. The van der Waals surface area contributed by atoms with Crippen molar-refractivity contribution < 1.29 is 13.9 Å². The van der Waals surface area contributed by atoms with E-state index in [1.807, 2.05) is 36.4 Å². The molecule has 0 N–H and O–H groups in total. The van der Waals surface area contributed by atoms with Crippen LogP contribution in [0.1, 0.15) is 24.8 Å². The first kappa shape index (κ1) is 16.5. The topological polar surface area (TPSA) is 29.5 Å². The van der Waals surface area contributed by atoms with Gasteiger partial charge in [-0.25, -0.2) is 14.1 Å². The molecule has 2 fully saturated rings. The maximum atomic E-state index is 14.0. The van der Waals surface area contributed by atoms with Crippen LogP contribution in [0.3, 0.4) is 0 Å². The summed E-state index contributed by atoms with van der Waals surface area (Å²) in [4.78, 5) is 14.5. The van der Waals surface area contributed by atoms with Crippen LogP contribution in [0.15, 0.2) is 60.3 Å². The van der Waals surface area contributed by atoms with Crippen LogP contribution in [-0.4, -0.2) is 13.2 Å². The SMILES string of the molecule is COC(=O)N(C1=C(c2cccc(F)c2)[C@H]2[C@@H]3CC[C@@H](C3)[C@@H]12)c1ccccc1. The number of nitrogens with zero attached hydrogens (tertiary/aromatic N) is 1. The highest BCUT2D eigenvalue weighted by atomic mass is 19.1. The van der Waals surface area contributed by atoms with Crippen LogP contribution in [0.5, 0.6) is 0 Å². The van der Waals surface area contributed by atoms with Gasteiger partial charge in [0, 0.05) is 11.6 Å². The van der Waals surface area contributed by atoms with Crippen molar-refractivity contribution in [2.75, 3.05) is 12.0 Å². The number of methoxy groups -OCH3 is 1. The maximum Gasteiger partial charge on any atom is 0.418 e. The van der Waals surface area contributed by atoms with Gasteiger partial charge in [-0.05, 0) is 72.4 Å². The molecule has 2 saturated carbocycles. The fraction of sp³-hybridized carbons (Fsp3) is 0.348. The van der Waals surface area contributed by atoms with Crippen molar-refractivity contribution in [3.8, 4) is 0 Å². The van der Waals surface area contributed by atoms with E-state index in [2.05, 4.69) is 0 Å². The average Bonchev–Trinajstić information content (AvgIpc) is 3.24. The molecule has 0 radical (unpaired) electrons. The number of para-hydroxylation sites is 1. The molecule has 4 heteroatoms. The van der Waals surface area contributed by atoms with Gasteiger partial charge in [0.15, 0.2) is 0 Å². The predicted octanol–water partition coefficient (Wildman–Crippen LogP) is 5.49.